The minimum atomic E-state index is -0.319. The van der Waals surface area contributed by atoms with Crippen molar-refractivity contribution in [3.63, 3.8) is 0 Å². The predicted octanol–water partition coefficient (Wildman–Crippen LogP) is 2.56. The van der Waals surface area contributed by atoms with Crippen molar-refractivity contribution in [1.82, 2.24) is 5.32 Å². The third-order valence-electron chi connectivity index (χ3n) is 2.63. The van der Waals surface area contributed by atoms with Crippen LogP contribution in [0.3, 0.4) is 0 Å². The van der Waals surface area contributed by atoms with E-state index in [9.17, 15) is 9.59 Å². The highest BCUT2D eigenvalue weighted by Crippen LogP contribution is 2.19. The molecule has 0 saturated heterocycles. The molecule has 0 spiro atoms. The number of hydrogen-bond donors (Lipinski definition) is 1. The lowest BCUT2D eigenvalue weighted by Crippen LogP contribution is -2.25. The second kappa shape index (κ2) is 9.60. The monoisotopic (exact) mass is 305 g/mol. The molecule has 0 fully saturated rings. The zero-order valence-electron chi connectivity index (χ0n) is 13.3. The van der Waals surface area contributed by atoms with Crippen LogP contribution in [0.1, 0.15) is 32.8 Å². The van der Waals surface area contributed by atoms with E-state index in [0.29, 0.717) is 6.61 Å². The largest absolute Gasteiger partial charge is 0.493 e. The summed E-state index contributed by atoms with van der Waals surface area (Å²) in [5.74, 6) is 0.152. The number of carbonyl (C=O) groups is 2. The van der Waals surface area contributed by atoms with E-state index in [1.165, 1.54) is 6.08 Å². The van der Waals surface area contributed by atoms with Crippen LogP contribution in [0, 0.1) is 0 Å². The lowest BCUT2D eigenvalue weighted by atomic mass is 10.2. The van der Waals surface area contributed by atoms with E-state index in [4.69, 9.17) is 9.47 Å². The fraction of sp³-hybridized carbons (Fsp3) is 0.412. The lowest BCUT2D eigenvalue weighted by Gasteiger charge is -2.08. The van der Waals surface area contributed by atoms with Gasteiger partial charge in [0.05, 0.1) is 19.1 Å². The van der Waals surface area contributed by atoms with E-state index in [1.54, 1.807) is 19.9 Å². The molecule has 5 nitrogen and oxygen atoms in total. The number of amides is 1. The Kier molecular flexibility index (Phi) is 7.75. The van der Waals surface area contributed by atoms with Crippen molar-refractivity contribution < 1.29 is 19.1 Å². The Morgan fingerprint density at radius 3 is 2.68 bits per heavy atom. The van der Waals surface area contributed by atoms with Crippen molar-refractivity contribution in [1.29, 1.82) is 0 Å². The van der Waals surface area contributed by atoms with Gasteiger partial charge in [0.1, 0.15) is 5.75 Å². The summed E-state index contributed by atoms with van der Waals surface area (Å²) in [5, 5.41) is 2.64. The normalized spacial score (nSPS) is 10.7. The maximum atomic E-state index is 11.7. The molecule has 0 heterocycles. The van der Waals surface area contributed by atoms with Gasteiger partial charge in [-0.3, -0.25) is 9.59 Å². The standard InChI is InChI=1S/C17H23NO4/c1-4-21-15-8-6-5-7-14(15)9-10-16(19)18-12-11-17(20)22-13(2)3/h5-10,13H,4,11-12H2,1-3H3,(H,18,19)/b10-9+. The molecule has 0 atom stereocenters. The van der Waals surface area contributed by atoms with Gasteiger partial charge in [0.2, 0.25) is 5.91 Å². The first kappa shape index (κ1) is 17.8. The summed E-state index contributed by atoms with van der Waals surface area (Å²) in [4.78, 5) is 23.0. The summed E-state index contributed by atoms with van der Waals surface area (Å²) >= 11 is 0. The van der Waals surface area contributed by atoms with E-state index < -0.39 is 0 Å². The number of benzene rings is 1. The fourth-order valence-corrected chi connectivity index (χ4v) is 1.74. The molecule has 0 aliphatic carbocycles. The highest BCUT2D eigenvalue weighted by atomic mass is 16.5. The molecule has 1 amide bonds. The van der Waals surface area contributed by atoms with Gasteiger partial charge < -0.3 is 14.8 Å². The van der Waals surface area contributed by atoms with Crippen LogP contribution in [0.15, 0.2) is 30.3 Å². The maximum Gasteiger partial charge on any atom is 0.307 e. The quantitative estimate of drug-likeness (QED) is 0.592. The SMILES string of the molecule is CCOc1ccccc1/C=C/C(=O)NCCC(=O)OC(C)C. The molecule has 120 valence electrons. The number of para-hydroxylation sites is 1. The van der Waals surface area contributed by atoms with E-state index in [1.807, 2.05) is 31.2 Å². The van der Waals surface area contributed by atoms with Gasteiger partial charge in [0, 0.05) is 18.2 Å². The molecule has 0 radical (unpaired) electrons. The average Bonchev–Trinajstić information content (AvgIpc) is 2.46. The van der Waals surface area contributed by atoms with Crippen LogP contribution in [0.4, 0.5) is 0 Å². The number of ether oxygens (including phenoxy) is 2. The molecular formula is C17H23NO4. The van der Waals surface area contributed by atoms with Crippen LogP contribution in [0.25, 0.3) is 6.08 Å². The van der Waals surface area contributed by atoms with Crippen molar-refractivity contribution >= 4 is 18.0 Å². The third kappa shape index (κ3) is 6.92. The number of nitrogens with one attached hydrogen (secondary N) is 1. The summed E-state index contributed by atoms with van der Waals surface area (Å²) in [5.41, 5.74) is 0.832. The minimum Gasteiger partial charge on any atom is -0.493 e. The highest BCUT2D eigenvalue weighted by molar-refractivity contribution is 5.92. The smallest absolute Gasteiger partial charge is 0.307 e. The zero-order valence-corrected chi connectivity index (χ0v) is 13.3. The Morgan fingerprint density at radius 2 is 2.00 bits per heavy atom. The van der Waals surface area contributed by atoms with Crippen LogP contribution in [-0.2, 0) is 14.3 Å². The van der Waals surface area contributed by atoms with E-state index in [-0.39, 0.29) is 30.9 Å². The first-order valence-corrected chi connectivity index (χ1v) is 7.40. The van der Waals surface area contributed by atoms with Crippen molar-refractivity contribution in [2.75, 3.05) is 13.2 Å². The number of esters is 1. The molecule has 0 aromatic heterocycles. The Balaban J connectivity index is 2.43. The number of rotatable bonds is 8. The zero-order chi connectivity index (χ0) is 16.4. The lowest BCUT2D eigenvalue weighted by molar-refractivity contribution is -0.147. The minimum absolute atomic E-state index is 0.141. The van der Waals surface area contributed by atoms with Crippen LogP contribution < -0.4 is 10.1 Å². The Labute approximate surface area is 131 Å². The highest BCUT2D eigenvalue weighted by Gasteiger charge is 2.05. The van der Waals surface area contributed by atoms with Crippen molar-refractivity contribution in [3.05, 3.63) is 35.9 Å². The number of carbonyl (C=O) groups excluding carboxylic acids is 2. The van der Waals surface area contributed by atoms with Crippen molar-refractivity contribution in [3.8, 4) is 5.75 Å². The van der Waals surface area contributed by atoms with Gasteiger partial charge in [-0.25, -0.2) is 0 Å². The van der Waals surface area contributed by atoms with Gasteiger partial charge in [-0.15, -0.1) is 0 Å². The average molecular weight is 305 g/mol. The summed E-state index contributed by atoms with van der Waals surface area (Å²) in [7, 11) is 0. The molecule has 0 bridgehead atoms. The van der Waals surface area contributed by atoms with Crippen LogP contribution >= 0.6 is 0 Å². The summed E-state index contributed by atoms with van der Waals surface area (Å²) in [6.45, 7) is 6.30. The Morgan fingerprint density at radius 1 is 1.27 bits per heavy atom. The summed E-state index contributed by atoms with van der Waals surface area (Å²) in [6.07, 6.45) is 3.13. The Hall–Kier alpha value is -2.30. The van der Waals surface area contributed by atoms with Crippen molar-refractivity contribution in [2.24, 2.45) is 0 Å². The molecule has 1 rings (SSSR count). The first-order chi connectivity index (χ1) is 10.5. The molecule has 0 saturated carbocycles. The predicted molar refractivity (Wildman–Crippen MR) is 85.5 cm³/mol. The molecular weight excluding hydrogens is 282 g/mol. The third-order valence-corrected chi connectivity index (χ3v) is 2.63. The van der Waals surface area contributed by atoms with Gasteiger partial charge in [0.15, 0.2) is 0 Å². The van der Waals surface area contributed by atoms with Crippen LogP contribution in [0.5, 0.6) is 5.75 Å². The molecule has 22 heavy (non-hydrogen) atoms. The van der Waals surface area contributed by atoms with Crippen molar-refractivity contribution in [2.45, 2.75) is 33.3 Å². The molecule has 1 aromatic rings. The molecule has 0 aliphatic heterocycles. The molecule has 0 aliphatic rings. The number of hydrogen-bond acceptors (Lipinski definition) is 4. The van der Waals surface area contributed by atoms with Gasteiger partial charge in [-0.05, 0) is 32.9 Å². The molecule has 5 heteroatoms. The van der Waals surface area contributed by atoms with Gasteiger partial charge in [-0.1, -0.05) is 18.2 Å². The summed E-state index contributed by atoms with van der Waals surface area (Å²) < 4.78 is 10.5. The van der Waals surface area contributed by atoms with Gasteiger partial charge in [-0.2, -0.15) is 0 Å². The molecule has 1 aromatic carbocycles. The van der Waals surface area contributed by atoms with Gasteiger partial charge in [0.25, 0.3) is 0 Å². The maximum absolute atomic E-state index is 11.7. The Bertz CT molecular complexity index is 523. The second-order valence-corrected chi connectivity index (χ2v) is 4.88. The van der Waals surface area contributed by atoms with Gasteiger partial charge >= 0.3 is 5.97 Å². The molecule has 0 unspecified atom stereocenters. The fourth-order valence-electron chi connectivity index (χ4n) is 1.74. The van der Waals surface area contributed by atoms with E-state index in [2.05, 4.69) is 5.32 Å². The van der Waals surface area contributed by atoms with Crippen LogP contribution in [0.2, 0.25) is 0 Å². The molecule has 1 N–H and O–H groups in total. The van der Waals surface area contributed by atoms with E-state index >= 15 is 0 Å². The topological polar surface area (TPSA) is 64.6 Å². The van der Waals surface area contributed by atoms with E-state index in [0.717, 1.165) is 11.3 Å². The summed E-state index contributed by atoms with van der Waals surface area (Å²) in [6, 6.07) is 7.47. The first-order valence-electron chi connectivity index (χ1n) is 7.40. The van der Waals surface area contributed by atoms with Crippen LogP contribution in [-0.4, -0.2) is 31.1 Å². The second-order valence-electron chi connectivity index (χ2n) is 4.88.